The first kappa shape index (κ1) is 11.8. The molecule has 0 aliphatic rings. The van der Waals surface area contributed by atoms with E-state index in [0.717, 1.165) is 7.11 Å². The van der Waals surface area contributed by atoms with Crippen LogP contribution in [0.2, 0.25) is 0 Å². The first-order valence-electron chi connectivity index (χ1n) is 3.18. The molecular weight excluding hydrogens is 184 g/mol. The fourth-order valence-electron chi connectivity index (χ4n) is 0.553. The lowest BCUT2D eigenvalue weighted by atomic mass is 10.3. The highest BCUT2D eigenvalue weighted by Gasteiger charge is 2.40. The molecule has 0 aromatic rings. The molecule has 0 fully saturated rings. The molecule has 2 N–H and O–H groups in total. The molecule has 0 spiro atoms. The Balaban J connectivity index is 4.42. The van der Waals surface area contributed by atoms with Gasteiger partial charge in [0.2, 0.25) is 0 Å². The zero-order valence-corrected chi connectivity index (χ0v) is 7.14. The number of Topliss-reactive ketones (excluding diaryl/α,β-unsaturated/α-hetero) is 1. The van der Waals surface area contributed by atoms with Crippen LogP contribution >= 0.6 is 0 Å². The number of aliphatic hydroxyl groups is 1. The number of methoxy groups -OCH3 is 2. The van der Waals surface area contributed by atoms with Crippen molar-refractivity contribution in [2.75, 3.05) is 20.8 Å². The van der Waals surface area contributed by atoms with Gasteiger partial charge in [0, 0.05) is 14.2 Å². The van der Waals surface area contributed by atoms with E-state index in [0.29, 0.717) is 0 Å². The van der Waals surface area contributed by atoms with Gasteiger partial charge in [-0.2, -0.15) is 0 Å². The van der Waals surface area contributed by atoms with Gasteiger partial charge in [0.15, 0.2) is 0 Å². The van der Waals surface area contributed by atoms with Gasteiger partial charge in [-0.3, -0.25) is 4.79 Å². The predicted molar refractivity (Wildman–Crippen MR) is 38.0 cm³/mol. The van der Waals surface area contributed by atoms with Crippen molar-refractivity contribution in [1.29, 1.82) is 0 Å². The van der Waals surface area contributed by atoms with Crippen molar-refractivity contribution in [3.63, 3.8) is 0 Å². The van der Waals surface area contributed by atoms with Crippen LogP contribution in [0.5, 0.6) is 0 Å². The molecule has 0 amide bonds. The third kappa shape index (κ3) is 3.36. The molecule has 1 unspecified atom stereocenters. The Kier molecular flexibility index (Phi) is 4.32. The molecule has 0 heterocycles. The van der Waals surface area contributed by atoms with E-state index in [1.807, 2.05) is 0 Å². The van der Waals surface area contributed by atoms with E-state index in [2.05, 4.69) is 14.2 Å². The van der Waals surface area contributed by atoms with Crippen LogP contribution in [0.3, 0.4) is 0 Å². The lowest BCUT2D eigenvalue weighted by molar-refractivity contribution is -0.303. The second-order valence-electron chi connectivity index (χ2n) is 2.01. The Morgan fingerprint density at radius 2 is 1.92 bits per heavy atom. The molecule has 0 aliphatic heterocycles. The quantitative estimate of drug-likeness (QED) is 0.435. The van der Waals surface area contributed by atoms with E-state index < -0.39 is 24.5 Å². The fraction of sp³-hybridized carbons (Fsp3) is 0.667. The highest BCUT2D eigenvalue weighted by atomic mass is 16.9. The second-order valence-corrected chi connectivity index (χ2v) is 2.01. The molecule has 0 aromatic carbocycles. The minimum atomic E-state index is -2.79. The molecule has 13 heavy (non-hydrogen) atoms. The fourth-order valence-corrected chi connectivity index (χ4v) is 0.553. The number of hydrogen-bond donors (Lipinski definition) is 2. The standard InChI is InChI=1S/C6H10O7/c1-11-3-4(7)6(10,12-2)13-5(8)9/h10H,3H2,1-2H3,(H,8,9). The molecule has 0 aliphatic carbocycles. The van der Waals surface area contributed by atoms with Crippen LogP contribution in [0, 0.1) is 0 Å². The minimum absolute atomic E-state index is 0.516. The minimum Gasteiger partial charge on any atom is -0.450 e. The summed E-state index contributed by atoms with van der Waals surface area (Å²) < 4.78 is 12.4. The van der Waals surface area contributed by atoms with Gasteiger partial charge in [0.1, 0.15) is 6.61 Å². The van der Waals surface area contributed by atoms with Crippen molar-refractivity contribution in [3.05, 3.63) is 0 Å². The summed E-state index contributed by atoms with van der Waals surface area (Å²) in [5.74, 6) is -3.83. The second kappa shape index (κ2) is 4.75. The van der Waals surface area contributed by atoms with Crippen molar-refractivity contribution < 1.29 is 34.0 Å². The Hall–Kier alpha value is -1.18. The lowest BCUT2D eigenvalue weighted by Crippen LogP contribution is -2.46. The predicted octanol–water partition coefficient (Wildman–Crippen LogP) is -0.811. The van der Waals surface area contributed by atoms with Crippen LogP contribution in [0.15, 0.2) is 0 Å². The number of rotatable bonds is 5. The summed E-state index contributed by atoms with van der Waals surface area (Å²) in [5, 5.41) is 17.3. The van der Waals surface area contributed by atoms with E-state index >= 15 is 0 Å². The zero-order chi connectivity index (χ0) is 10.5. The highest BCUT2D eigenvalue weighted by molar-refractivity contribution is 5.86. The summed E-state index contributed by atoms with van der Waals surface area (Å²) in [5.41, 5.74) is 0. The van der Waals surface area contributed by atoms with Crippen molar-refractivity contribution in [2.45, 2.75) is 5.97 Å². The molecule has 0 bridgehead atoms. The Bertz CT molecular complexity index is 201. The first-order chi connectivity index (χ1) is 5.96. The average Bonchev–Trinajstić information content (AvgIpc) is 2.03. The Labute approximate surface area is 73.8 Å². The van der Waals surface area contributed by atoms with E-state index in [1.165, 1.54) is 7.11 Å². The maximum Gasteiger partial charge on any atom is 0.510 e. The normalized spacial score (nSPS) is 14.7. The molecule has 7 heteroatoms. The number of carboxylic acid groups (broad SMARTS) is 1. The summed E-state index contributed by atoms with van der Waals surface area (Å²) >= 11 is 0. The van der Waals surface area contributed by atoms with Crippen LogP contribution in [0.25, 0.3) is 0 Å². The number of carbonyl (C=O) groups excluding carboxylic acids is 1. The number of ether oxygens (including phenoxy) is 3. The SMILES string of the molecule is COCC(=O)C(O)(OC)OC(=O)O. The molecule has 0 saturated carbocycles. The summed E-state index contributed by atoms with van der Waals surface area (Å²) in [4.78, 5) is 21.0. The van der Waals surface area contributed by atoms with Crippen molar-refractivity contribution >= 4 is 11.9 Å². The topological polar surface area (TPSA) is 102 Å². The van der Waals surface area contributed by atoms with Gasteiger partial charge in [-0.25, -0.2) is 4.79 Å². The van der Waals surface area contributed by atoms with Gasteiger partial charge in [0.25, 0.3) is 5.78 Å². The molecule has 0 aromatic heterocycles. The number of hydrogen-bond acceptors (Lipinski definition) is 6. The van der Waals surface area contributed by atoms with Gasteiger partial charge in [-0.05, 0) is 0 Å². The smallest absolute Gasteiger partial charge is 0.450 e. The number of ketones is 1. The zero-order valence-electron chi connectivity index (χ0n) is 7.14. The summed E-state index contributed by atoms with van der Waals surface area (Å²) in [6.45, 7) is -0.516. The van der Waals surface area contributed by atoms with Gasteiger partial charge in [-0.15, -0.1) is 0 Å². The van der Waals surface area contributed by atoms with Crippen molar-refractivity contribution in [3.8, 4) is 0 Å². The van der Waals surface area contributed by atoms with Gasteiger partial charge >= 0.3 is 12.1 Å². The third-order valence-electron chi connectivity index (χ3n) is 1.13. The third-order valence-corrected chi connectivity index (χ3v) is 1.13. The van der Waals surface area contributed by atoms with Gasteiger partial charge in [-0.1, -0.05) is 0 Å². The summed E-state index contributed by atoms with van der Waals surface area (Å²) in [6.07, 6.45) is -1.83. The van der Waals surface area contributed by atoms with Crippen LogP contribution in [-0.4, -0.2) is 49.0 Å². The molecule has 0 rings (SSSR count). The molecule has 76 valence electrons. The maximum absolute atomic E-state index is 10.9. The molecular formula is C6H10O7. The van der Waals surface area contributed by atoms with Crippen LogP contribution in [0.1, 0.15) is 0 Å². The molecule has 0 radical (unpaired) electrons. The van der Waals surface area contributed by atoms with Crippen molar-refractivity contribution in [1.82, 2.24) is 0 Å². The van der Waals surface area contributed by atoms with Crippen LogP contribution < -0.4 is 0 Å². The van der Waals surface area contributed by atoms with Crippen LogP contribution in [-0.2, 0) is 19.0 Å². The summed E-state index contributed by atoms with van der Waals surface area (Å²) in [6, 6.07) is 0. The monoisotopic (exact) mass is 194 g/mol. The Morgan fingerprint density at radius 3 is 2.23 bits per heavy atom. The average molecular weight is 194 g/mol. The first-order valence-corrected chi connectivity index (χ1v) is 3.18. The lowest BCUT2D eigenvalue weighted by Gasteiger charge is -2.21. The molecule has 1 atom stereocenters. The van der Waals surface area contributed by atoms with Gasteiger partial charge < -0.3 is 24.4 Å². The van der Waals surface area contributed by atoms with E-state index in [-0.39, 0.29) is 0 Å². The van der Waals surface area contributed by atoms with Crippen molar-refractivity contribution in [2.24, 2.45) is 0 Å². The summed E-state index contributed by atoms with van der Waals surface area (Å²) in [7, 11) is 2.13. The van der Waals surface area contributed by atoms with E-state index in [1.54, 1.807) is 0 Å². The van der Waals surface area contributed by atoms with Crippen LogP contribution in [0.4, 0.5) is 4.79 Å². The van der Waals surface area contributed by atoms with E-state index in [4.69, 9.17) is 10.2 Å². The van der Waals surface area contributed by atoms with E-state index in [9.17, 15) is 9.59 Å². The number of carbonyl (C=O) groups is 2. The molecule has 0 saturated heterocycles. The Morgan fingerprint density at radius 1 is 1.38 bits per heavy atom. The highest BCUT2D eigenvalue weighted by Crippen LogP contribution is 2.09. The van der Waals surface area contributed by atoms with Gasteiger partial charge in [0.05, 0.1) is 0 Å². The largest absolute Gasteiger partial charge is 0.510 e. The molecule has 7 nitrogen and oxygen atoms in total. The maximum atomic E-state index is 10.9.